The van der Waals surface area contributed by atoms with E-state index < -0.39 is 0 Å². The molecule has 0 bridgehead atoms. The lowest BCUT2D eigenvalue weighted by atomic mass is 9.43. The zero-order valence-corrected chi connectivity index (χ0v) is 20.2. The van der Waals surface area contributed by atoms with Crippen molar-refractivity contribution in [3.63, 3.8) is 0 Å². The van der Waals surface area contributed by atoms with Gasteiger partial charge in [-0.2, -0.15) is 0 Å². The molecule has 0 aromatic carbocycles. The summed E-state index contributed by atoms with van der Waals surface area (Å²) >= 11 is 0. The van der Waals surface area contributed by atoms with Crippen LogP contribution in [-0.2, 0) is 0 Å². The molecular weight excluding hydrogens is 362 g/mol. The minimum Gasteiger partial charge on any atom is -0.297 e. The average molecular weight is 408 g/mol. The molecule has 9 unspecified atom stereocenters. The number of rotatable bonds is 4. The quantitative estimate of drug-likeness (QED) is 0.350. The largest absolute Gasteiger partial charge is 0.297 e. The van der Waals surface area contributed by atoms with E-state index in [-0.39, 0.29) is 5.41 Å². The van der Waals surface area contributed by atoms with Gasteiger partial charge in [-0.1, -0.05) is 43.7 Å². The van der Waals surface area contributed by atoms with Gasteiger partial charge >= 0.3 is 0 Å². The van der Waals surface area contributed by atoms with Gasteiger partial charge in [-0.05, 0) is 106 Å². The summed E-state index contributed by atoms with van der Waals surface area (Å²) in [5.41, 5.74) is 5.20. The summed E-state index contributed by atoms with van der Waals surface area (Å²) in [5, 5.41) is 0. The first kappa shape index (κ1) is 21.0. The van der Waals surface area contributed by atoms with Gasteiger partial charge in [0.2, 0.25) is 0 Å². The van der Waals surface area contributed by atoms with Crippen molar-refractivity contribution in [2.45, 2.75) is 85.1 Å². The molecule has 0 spiro atoms. The van der Waals surface area contributed by atoms with Gasteiger partial charge in [-0.3, -0.25) is 4.90 Å². The Morgan fingerprint density at radius 2 is 1.77 bits per heavy atom. The van der Waals surface area contributed by atoms with Crippen molar-refractivity contribution in [2.75, 3.05) is 13.1 Å². The van der Waals surface area contributed by atoms with Gasteiger partial charge in [-0.15, -0.1) is 6.58 Å². The summed E-state index contributed by atoms with van der Waals surface area (Å²) in [5.74, 6) is 5.03. The molecule has 0 radical (unpaired) electrons. The van der Waals surface area contributed by atoms with Gasteiger partial charge in [0.05, 0.1) is 0 Å². The Labute approximate surface area is 186 Å². The Kier molecular flexibility index (Phi) is 4.98. The Bertz CT molecular complexity index is 758. The fourth-order valence-corrected chi connectivity index (χ4v) is 9.52. The smallest absolute Gasteiger partial charge is 0.0173 e. The standard InChI is InChI=1S/C29H45N/c1-18(2)14-21-10-11-28(6)22(16-21)8-9-23-24(28)15-20(5)29(7)25(23)17-26(30-12-13-30)27(29)19(3)4/h21-27H,1,3,5,8-17H2,2,4,6-7H3. The minimum absolute atomic E-state index is 0.278. The second-order valence-corrected chi connectivity index (χ2v) is 12.7. The van der Waals surface area contributed by atoms with Crippen molar-refractivity contribution >= 4 is 0 Å². The van der Waals surface area contributed by atoms with Crippen molar-refractivity contribution in [1.82, 2.24) is 4.90 Å². The molecule has 1 saturated heterocycles. The molecular formula is C29H45N. The number of nitrogens with zero attached hydrogens (tertiary/aromatic N) is 1. The molecule has 1 heteroatoms. The zero-order valence-electron chi connectivity index (χ0n) is 20.2. The Morgan fingerprint density at radius 1 is 1.03 bits per heavy atom. The SMILES string of the molecule is C=C(C)CC1CCC2(C)C(CCC3C2CC(=C)C2(C)C3CC(N3CC3)C2C(=C)C)C1. The third kappa shape index (κ3) is 2.97. The molecule has 0 aromatic rings. The monoisotopic (exact) mass is 407 g/mol. The normalized spacial score (nSPS) is 50.4. The molecule has 0 N–H and O–H groups in total. The van der Waals surface area contributed by atoms with Gasteiger partial charge in [0.25, 0.3) is 0 Å². The van der Waals surface area contributed by atoms with Crippen molar-refractivity contribution in [3.8, 4) is 0 Å². The summed E-state index contributed by atoms with van der Waals surface area (Å²) in [7, 11) is 0. The van der Waals surface area contributed by atoms with Crippen LogP contribution < -0.4 is 0 Å². The first-order chi connectivity index (χ1) is 14.2. The highest BCUT2D eigenvalue weighted by atomic mass is 15.3. The highest BCUT2D eigenvalue weighted by molar-refractivity contribution is 5.31. The van der Waals surface area contributed by atoms with Crippen LogP contribution in [0.15, 0.2) is 36.5 Å². The van der Waals surface area contributed by atoms with E-state index in [1.807, 2.05) is 0 Å². The van der Waals surface area contributed by atoms with E-state index in [0.717, 1.165) is 35.6 Å². The summed E-state index contributed by atoms with van der Waals surface area (Å²) < 4.78 is 0. The van der Waals surface area contributed by atoms with Gasteiger partial charge < -0.3 is 0 Å². The predicted octanol–water partition coefficient (Wildman–Crippen LogP) is 7.26. The highest BCUT2D eigenvalue weighted by Gasteiger charge is 2.64. The Hall–Kier alpha value is -0.820. The van der Waals surface area contributed by atoms with Gasteiger partial charge in [0, 0.05) is 25.0 Å². The molecule has 4 saturated carbocycles. The highest BCUT2D eigenvalue weighted by Crippen LogP contribution is 2.70. The lowest BCUT2D eigenvalue weighted by Gasteiger charge is -2.62. The van der Waals surface area contributed by atoms with Crippen LogP contribution in [-0.4, -0.2) is 24.0 Å². The minimum atomic E-state index is 0.278. The summed E-state index contributed by atoms with van der Waals surface area (Å²) in [6.45, 7) is 26.0. The van der Waals surface area contributed by atoms with Crippen LogP contribution in [0.1, 0.15) is 79.1 Å². The summed E-state index contributed by atoms with van der Waals surface area (Å²) in [6.07, 6.45) is 11.2. The third-order valence-electron chi connectivity index (χ3n) is 11.0. The zero-order chi connectivity index (χ0) is 21.4. The molecule has 166 valence electrons. The number of hydrogen-bond acceptors (Lipinski definition) is 1. The molecule has 5 rings (SSSR count). The predicted molar refractivity (Wildman–Crippen MR) is 128 cm³/mol. The van der Waals surface area contributed by atoms with Crippen molar-refractivity contribution < 1.29 is 0 Å². The lowest BCUT2D eigenvalue weighted by molar-refractivity contribution is -0.0958. The maximum absolute atomic E-state index is 4.82. The van der Waals surface area contributed by atoms with Gasteiger partial charge in [-0.25, -0.2) is 0 Å². The summed E-state index contributed by atoms with van der Waals surface area (Å²) in [6, 6.07) is 0.727. The van der Waals surface area contributed by atoms with Crippen LogP contribution in [0, 0.1) is 46.3 Å². The molecule has 30 heavy (non-hydrogen) atoms. The van der Waals surface area contributed by atoms with Crippen LogP contribution >= 0.6 is 0 Å². The first-order valence-electron chi connectivity index (χ1n) is 12.9. The second kappa shape index (κ2) is 7.09. The van der Waals surface area contributed by atoms with Gasteiger partial charge in [0.15, 0.2) is 0 Å². The molecule has 0 amide bonds. The number of allylic oxidation sites excluding steroid dienone is 2. The molecule has 5 aliphatic rings. The fourth-order valence-electron chi connectivity index (χ4n) is 9.52. The van der Waals surface area contributed by atoms with Crippen molar-refractivity contribution in [3.05, 3.63) is 36.5 Å². The van der Waals surface area contributed by atoms with E-state index in [1.54, 1.807) is 5.57 Å². The molecule has 1 heterocycles. The van der Waals surface area contributed by atoms with Crippen LogP contribution in [0.25, 0.3) is 0 Å². The van der Waals surface area contributed by atoms with E-state index in [2.05, 4.69) is 45.8 Å². The van der Waals surface area contributed by atoms with E-state index in [0.29, 0.717) is 11.3 Å². The van der Waals surface area contributed by atoms with Crippen LogP contribution in [0.3, 0.4) is 0 Å². The Morgan fingerprint density at radius 3 is 2.40 bits per heavy atom. The first-order valence-corrected chi connectivity index (χ1v) is 12.9. The number of hydrogen-bond donors (Lipinski definition) is 0. The maximum Gasteiger partial charge on any atom is 0.0173 e. The molecule has 1 aliphatic heterocycles. The average Bonchev–Trinajstić information content (AvgIpc) is 3.45. The summed E-state index contributed by atoms with van der Waals surface area (Å²) in [4.78, 5) is 2.74. The molecule has 1 nitrogen and oxygen atoms in total. The topological polar surface area (TPSA) is 3.01 Å². The van der Waals surface area contributed by atoms with E-state index in [1.165, 1.54) is 75.6 Å². The molecule has 0 aromatic heterocycles. The molecule has 4 aliphatic carbocycles. The molecule has 5 fully saturated rings. The van der Waals surface area contributed by atoms with E-state index in [9.17, 15) is 0 Å². The van der Waals surface area contributed by atoms with E-state index in [4.69, 9.17) is 6.58 Å². The number of fused-ring (bicyclic) bond motifs is 5. The van der Waals surface area contributed by atoms with Gasteiger partial charge in [0.1, 0.15) is 0 Å². The van der Waals surface area contributed by atoms with Crippen LogP contribution in [0.5, 0.6) is 0 Å². The Balaban J connectivity index is 1.43. The van der Waals surface area contributed by atoms with Crippen molar-refractivity contribution in [1.29, 1.82) is 0 Å². The van der Waals surface area contributed by atoms with Crippen molar-refractivity contribution in [2.24, 2.45) is 46.3 Å². The van der Waals surface area contributed by atoms with Crippen LogP contribution in [0.2, 0.25) is 0 Å². The second-order valence-electron chi connectivity index (χ2n) is 12.7. The van der Waals surface area contributed by atoms with E-state index >= 15 is 0 Å². The lowest BCUT2D eigenvalue weighted by Crippen LogP contribution is -2.54. The maximum atomic E-state index is 4.82. The third-order valence-corrected chi connectivity index (χ3v) is 11.0. The van der Waals surface area contributed by atoms with Crippen LogP contribution in [0.4, 0.5) is 0 Å². The molecule has 9 atom stereocenters. The fraction of sp³-hybridized carbons (Fsp3) is 0.793.